The SMILES string of the molecule is CC[C@H]1OC(=O)[C@H](C)[C@@H](O[C@@H]2C[C@](C)(OC)[C@H](O)C(C)O2)[C@H](C)[C@@H](O[C@@H]2O[C@H](C)C[C@@H](N(C)C)[C@H]2O)[C@](C)(O)CCCN(CCCNC(=O)C(O)[C@@]2(O)CCC3C4CC=C5CC(=O)C=C[C@]5(C)C4[C@@H](O)C[C@@]32C)[C@H](C)[C@@H](O)[C@]1(C)O. The standard InChI is InChI=1S/C60H101N3O17/c1-15-43-59(11,73)48(67)35(5)63(27-17-25-61-52(70)50(69)60(74)24-21-40-39-19-18-37-29-38(64)20-23-55(37,7)45(39)42(65)30-56(40,60)8)26-16-22-57(9,72)51(80-54-46(66)41(62(12)13)28-32(2)76-54)33(3)47(34(4)53(71)78-43)79-44-31-58(10,75-14)49(68)36(6)77-44/h18,20,23,32-36,39-51,54,65-69,72-74H,15-17,19,21-22,24-31H2,1-14H3,(H,61,70)/t32-,33+,34-,35-,36?,39?,40?,41-,42+,43-,44-,45?,46-,47+,48-,49-,50?,51-,54+,55+,56+,57-,58+,59-,60+/m1/s1. The maximum absolute atomic E-state index is 14.7. The average Bonchev–Trinajstić information content (AvgIpc) is 3.89. The number of likely N-dealkylation sites (N-methyl/N-ethyl adjacent to an activating group) is 1. The van der Waals surface area contributed by atoms with Gasteiger partial charge in [0.25, 0.3) is 5.91 Å². The van der Waals surface area contributed by atoms with Gasteiger partial charge >= 0.3 is 5.97 Å². The quantitative estimate of drug-likeness (QED) is 0.0728. The minimum atomic E-state index is -2.00. The number of cyclic esters (lactones) is 1. The minimum absolute atomic E-state index is 0.0344. The van der Waals surface area contributed by atoms with Gasteiger partial charge in [0.05, 0.1) is 47.6 Å². The number of ketones is 1. The van der Waals surface area contributed by atoms with E-state index in [1.54, 1.807) is 54.5 Å². The number of nitrogens with one attached hydrogen (secondary N) is 1. The first kappa shape index (κ1) is 65.0. The molecule has 0 spiro atoms. The molecule has 7 aliphatic rings. The highest BCUT2D eigenvalue weighted by molar-refractivity contribution is 5.93. The lowest BCUT2D eigenvalue weighted by Gasteiger charge is -2.59. The maximum Gasteiger partial charge on any atom is 0.311 e. The second-order valence-corrected chi connectivity index (χ2v) is 26.8. The summed E-state index contributed by atoms with van der Waals surface area (Å²) in [7, 11) is 5.20. The summed E-state index contributed by atoms with van der Waals surface area (Å²) in [5.74, 6) is -3.77. The molecule has 5 fully saturated rings. The summed E-state index contributed by atoms with van der Waals surface area (Å²) in [6.45, 7) is 19.8. The molecular formula is C60H101N3O17. The zero-order chi connectivity index (χ0) is 59.4. The van der Waals surface area contributed by atoms with Gasteiger partial charge < -0.3 is 79.5 Å². The van der Waals surface area contributed by atoms with E-state index in [2.05, 4.69) is 18.3 Å². The fourth-order valence-electron chi connectivity index (χ4n) is 16.0. The van der Waals surface area contributed by atoms with Gasteiger partial charge in [0.2, 0.25) is 0 Å². The molecule has 20 nitrogen and oxygen atoms in total. The molecule has 4 aliphatic carbocycles. The van der Waals surface area contributed by atoms with Gasteiger partial charge in [-0.2, -0.15) is 0 Å². The first-order chi connectivity index (χ1) is 37.2. The molecule has 7 rings (SSSR count). The molecular weight excluding hydrogens is 1030 g/mol. The van der Waals surface area contributed by atoms with Crippen LogP contribution >= 0.6 is 0 Å². The molecule has 2 saturated carbocycles. The van der Waals surface area contributed by atoms with Crippen LogP contribution in [0.5, 0.6) is 0 Å². The number of amides is 1. The summed E-state index contributed by atoms with van der Waals surface area (Å²) < 4.78 is 38.1. The van der Waals surface area contributed by atoms with Crippen LogP contribution in [0.4, 0.5) is 0 Å². The molecule has 80 heavy (non-hydrogen) atoms. The van der Waals surface area contributed by atoms with Gasteiger partial charge in [0, 0.05) is 67.8 Å². The molecule has 0 bridgehead atoms. The Labute approximate surface area is 474 Å². The van der Waals surface area contributed by atoms with Crippen LogP contribution in [0, 0.1) is 40.4 Å². The van der Waals surface area contributed by atoms with Crippen LogP contribution in [0.2, 0.25) is 0 Å². The van der Waals surface area contributed by atoms with Crippen LogP contribution in [0.3, 0.4) is 0 Å². The van der Waals surface area contributed by atoms with Gasteiger partial charge in [-0.25, -0.2) is 0 Å². The number of esters is 1. The van der Waals surface area contributed by atoms with Crippen LogP contribution in [0.1, 0.15) is 147 Å². The van der Waals surface area contributed by atoms with Gasteiger partial charge in [-0.3, -0.25) is 19.3 Å². The van der Waals surface area contributed by atoms with Crippen LogP contribution in [-0.2, 0) is 42.8 Å². The molecule has 20 heteroatoms. The molecule has 5 unspecified atom stereocenters. The lowest BCUT2D eigenvalue weighted by molar-refractivity contribution is -0.317. The van der Waals surface area contributed by atoms with E-state index < -0.39 is 131 Å². The van der Waals surface area contributed by atoms with E-state index in [4.69, 9.17) is 28.4 Å². The number of fused-ring (bicyclic) bond motifs is 5. The van der Waals surface area contributed by atoms with E-state index in [-0.39, 0.29) is 87.4 Å². The van der Waals surface area contributed by atoms with Gasteiger partial charge in [0.1, 0.15) is 35.6 Å². The molecule has 1 amide bonds. The van der Waals surface area contributed by atoms with Crippen LogP contribution in [0.15, 0.2) is 23.8 Å². The van der Waals surface area contributed by atoms with E-state index in [0.717, 1.165) is 5.57 Å². The second-order valence-electron chi connectivity index (χ2n) is 26.8. The molecule has 3 saturated heterocycles. The summed E-state index contributed by atoms with van der Waals surface area (Å²) in [4.78, 5) is 44.9. The van der Waals surface area contributed by atoms with E-state index in [1.165, 1.54) is 14.0 Å². The number of aliphatic hydroxyl groups excluding tert-OH is 5. The number of hydrogen-bond donors (Lipinski definition) is 9. The monoisotopic (exact) mass is 1140 g/mol. The number of allylic oxidation sites excluding steroid dienone is 4. The van der Waals surface area contributed by atoms with Crippen molar-refractivity contribution in [2.45, 2.75) is 255 Å². The highest BCUT2D eigenvalue weighted by atomic mass is 16.7. The Bertz CT molecular complexity index is 2230. The molecule has 0 aromatic rings. The van der Waals surface area contributed by atoms with Crippen molar-refractivity contribution in [2.75, 3.05) is 40.8 Å². The highest BCUT2D eigenvalue weighted by Crippen LogP contribution is 2.67. The Morgan fingerprint density at radius 2 is 1.64 bits per heavy atom. The van der Waals surface area contributed by atoms with Crippen molar-refractivity contribution in [3.8, 4) is 0 Å². The third kappa shape index (κ3) is 12.3. The minimum Gasteiger partial charge on any atom is -0.459 e. The fraction of sp³-hybridized carbons (Fsp3) is 0.883. The Balaban J connectivity index is 1.11. The van der Waals surface area contributed by atoms with Gasteiger partial charge in [-0.1, -0.05) is 45.4 Å². The number of rotatable bonds is 13. The lowest BCUT2D eigenvalue weighted by Crippen LogP contribution is -2.64. The zero-order valence-electron chi connectivity index (χ0n) is 50.2. The van der Waals surface area contributed by atoms with Gasteiger partial charge in [0.15, 0.2) is 24.5 Å². The topological polar surface area (TPSA) is 287 Å². The van der Waals surface area contributed by atoms with Crippen molar-refractivity contribution in [1.29, 1.82) is 0 Å². The second kappa shape index (κ2) is 24.8. The number of nitrogens with zero attached hydrogens (tertiary/aromatic N) is 2. The number of carbonyl (C=O) groups excluding carboxylic acids is 3. The highest BCUT2D eigenvalue weighted by Gasteiger charge is 2.68. The zero-order valence-corrected chi connectivity index (χ0v) is 50.2. The molecule has 0 aromatic heterocycles. The van der Waals surface area contributed by atoms with Gasteiger partial charge in [-0.05, 0) is 145 Å². The van der Waals surface area contributed by atoms with Crippen LogP contribution in [0.25, 0.3) is 0 Å². The molecule has 25 atom stereocenters. The first-order valence-electron chi connectivity index (χ1n) is 29.8. The average molecular weight is 1140 g/mol. The number of methoxy groups -OCH3 is 1. The summed E-state index contributed by atoms with van der Waals surface area (Å²) in [5, 5.41) is 99.3. The van der Waals surface area contributed by atoms with E-state index in [9.17, 15) is 55.2 Å². The molecule has 9 N–H and O–H groups in total. The van der Waals surface area contributed by atoms with E-state index >= 15 is 0 Å². The number of aliphatic hydroxyl groups is 8. The summed E-state index contributed by atoms with van der Waals surface area (Å²) in [5.41, 5.74) is -7.12. The molecule has 458 valence electrons. The summed E-state index contributed by atoms with van der Waals surface area (Å²) in [6.07, 6.45) is -4.21. The largest absolute Gasteiger partial charge is 0.459 e. The van der Waals surface area contributed by atoms with Crippen molar-refractivity contribution >= 4 is 17.7 Å². The summed E-state index contributed by atoms with van der Waals surface area (Å²) in [6, 6.07) is -1.13. The molecule has 3 aliphatic heterocycles. The smallest absolute Gasteiger partial charge is 0.311 e. The van der Waals surface area contributed by atoms with Crippen LogP contribution < -0.4 is 5.32 Å². The van der Waals surface area contributed by atoms with Crippen molar-refractivity contribution < 1.29 is 83.7 Å². The molecule has 3 heterocycles. The number of hydrogen-bond acceptors (Lipinski definition) is 19. The Morgan fingerprint density at radius 3 is 2.29 bits per heavy atom. The first-order valence-corrected chi connectivity index (χ1v) is 29.8. The van der Waals surface area contributed by atoms with Crippen molar-refractivity contribution in [2.24, 2.45) is 40.4 Å². The number of ether oxygens (including phenoxy) is 6. The third-order valence-corrected chi connectivity index (χ3v) is 21.1. The third-order valence-electron chi connectivity index (χ3n) is 21.1. The summed E-state index contributed by atoms with van der Waals surface area (Å²) >= 11 is 0. The normalized spacial score (nSPS) is 48.4. The molecule has 0 radical (unpaired) electrons. The predicted octanol–water partition coefficient (Wildman–Crippen LogP) is 2.90. The number of carbonyl (C=O) groups is 3. The maximum atomic E-state index is 14.7. The van der Waals surface area contributed by atoms with E-state index in [0.29, 0.717) is 38.5 Å². The predicted molar refractivity (Wildman–Crippen MR) is 295 cm³/mol. The van der Waals surface area contributed by atoms with Crippen LogP contribution in [-0.4, -0.2) is 217 Å². The van der Waals surface area contributed by atoms with Crippen molar-refractivity contribution in [3.05, 3.63) is 23.8 Å². The lowest BCUT2D eigenvalue weighted by atomic mass is 9.46. The fourth-order valence-corrected chi connectivity index (χ4v) is 16.0. The Kier molecular flexibility index (Phi) is 20.2. The Morgan fingerprint density at radius 1 is 0.950 bits per heavy atom. The molecule has 0 aromatic carbocycles. The van der Waals surface area contributed by atoms with Crippen molar-refractivity contribution in [1.82, 2.24) is 15.1 Å². The van der Waals surface area contributed by atoms with Crippen molar-refractivity contribution in [3.63, 3.8) is 0 Å². The van der Waals surface area contributed by atoms with Gasteiger partial charge in [-0.15, -0.1) is 0 Å². The Hall–Kier alpha value is -2.51. The van der Waals surface area contributed by atoms with E-state index in [1.807, 2.05) is 43.8 Å².